The van der Waals surface area contributed by atoms with Crippen molar-refractivity contribution in [1.82, 2.24) is 0 Å². The quantitative estimate of drug-likeness (QED) is 0.724. The van der Waals surface area contributed by atoms with Gasteiger partial charge >= 0.3 is 0 Å². The van der Waals surface area contributed by atoms with Crippen LogP contribution >= 0.6 is 0 Å². The Labute approximate surface area is 84.4 Å². The van der Waals surface area contributed by atoms with Crippen molar-refractivity contribution in [2.24, 2.45) is 11.7 Å². The van der Waals surface area contributed by atoms with Gasteiger partial charge in [-0.1, -0.05) is 43.3 Å². The average Bonchev–Trinajstić information content (AvgIpc) is 2.20. The van der Waals surface area contributed by atoms with E-state index in [1.165, 1.54) is 0 Å². The van der Waals surface area contributed by atoms with E-state index in [0.29, 0.717) is 0 Å². The summed E-state index contributed by atoms with van der Waals surface area (Å²) in [5, 5.41) is 0. The van der Waals surface area contributed by atoms with Gasteiger partial charge in [-0.15, -0.1) is 6.58 Å². The van der Waals surface area contributed by atoms with E-state index in [0.717, 1.165) is 5.56 Å². The lowest BCUT2D eigenvalue weighted by molar-refractivity contribution is -0.121. The molecule has 1 amide bonds. The van der Waals surface area contributed by atoms with Gasteiger partial charge in [-0.3, -0.25) is 4.79 Å². The highest BCUT2D eigenvalue weighted by Gasteiger charge is 2.20. The van der Waals surface area contributed by atoms with E-state index in [-0.39, 0.29) is 17.7 Å². The second-order valence-corrected chi connectivity index (χ2v) is 3.36. The van der Waals surface area contributed by atoms with Gasteiger partial charge in [-0.05, 0) is 5.56 Å². The third-order valence-electron chi connectivity index (χ3n) is 2.43. The van der Waals surface area contributed by atoms with E-state index >= 15 is 0 Å². The van der Waals surface area contributed by atoms with Gasteiger partial charge < -0.3 is 5.73 Å². The Bertz CT molecular complexity index is 318. The van der Waals surface area contributed by atoms with Crippen molar-refractivity contribution in [2.75, 3.05) is 0 Å². The lowest BCUT2D eigenvalue weighted by Gasteiger charge is -2.17. The molecule has 0 fully saturated rings. The van der Waals surface area contributed by atoms with Crippen LogP contribution in [0.1, 0.15) is 18.4 Å². The van der Waals surface area contributed by atoms with Crippen LogP contribution in [0.25, 0.3) is 0 Å². The zero-order valence-corrected chi connectivity index (χ0v) is 8.31. The molecule has 74 valence electrons. The highest BCUT2D eigenvalue weighted by Crippen LogP contribution is 2.24. The number of allylic oxidation sites excluding steroid dienone is 1. The lowest BCUT2D eigenvalue weighted by atomic mass is 9.87. The van der Waals surface area contributed by atoms with Gasteiger partial charge in [0.2, 0.25) is 5.91 Å². The summed E-state index contributed by atoms with van der Waals surface area (Å²) in [4.78, 5) is 11.0. The van der Waals surface area contributed by atoms with E-state index in [9.17, 15) is 4.79 Å². The molecule has 0 aliphatic heterocycles. The van der Waals surface area contributed by atoms with Crippen LogP contribution in [0.15, 0.2) is 43.0 Å². The number of nitrogens with two attached hydrogens (primary N) is 1. The third-order valence-corrected chi connectivity index (χ3v) is 2.43. The highest BCUT2D eigenvalue weighted by atomic mass is 16.1. The van der Waals surface area contributed by atoms with Gasteiger partial charge in [0.25, 0.3) is 0 Å². The van der Waals surface area contributed by atoms with Crippen LogP contribution in [0.3, 0.4) is 0 Å². The summed E-state index contributed by atoms with van der Waals surface area (Å²) in [6.45, 7) is 5.55. The van der Waals surface area contributed by atoms with E-state index in [1.807, 2.05) is 37.3 Å². The molecule has 14 heavy (non-hydrogen) atoms. The second kappa shape index (κ2) is 4.61. The van der Waals surface area contributed by atoms with Crippen molar-refractivity contribution in [2.45, 2.75) is 12.8 Å². The van der Waals surface area contributed by atoms with E-state index < -0.39 is 0 Å². The molecule has 0 aliphatic carbocycles. The summed E-state index contributed by atoms with van der Waals surface area (Å²) >= 11 is 0. The van der Waals surface area contributed by atoms with Gasteiger partial charge in [0, 0.05) is 11.8 Å². The molecule has 1 aromatic carbocycles. The summed E-state index contributed by atoms with van der Waals surface area (Å²) in [7, 11) is 0. The van der Waals surface area contributed by atoms with Crippen molar-refractivity contribution in [3.8, 4) is 0 Å². The summed E-state index contributed by atoms with van der Waals surface area (Å²) in [6.07, 6.45) is 1.77. The van der Waals surface area contributed by atoms with Crippen LogP contribution in [0, 0.1) is 5.92 Å². The van der Waals surface area contributed by atoms with Gasteiger partial charge in [0.15, 0.2) is 0 Å². The molecule has 2 unspecified atom stereocenters. The normalized spacial score (nSPS) is 14.4. The molecule has 1 aromatic rings. The second-order valence-electron chi connectivity index (χ2n) is 3.36. The zero-order chi connectivity index (χ0) is 10.6. The Balaban J connectivity index is 2.93. The first kappa shape index (κ1) is 10.5. The highest BCUT2D eigenvalue weighted by molar-refractivity contribution is 5.77. The summed E-state index contributed by atoms with van der Waals surface area (Å²) < 4.78 is 0. The molecule has 0 radical (unpaired) electrons. The third kappa shape index (κ3) is 2.22. The van der Waals surface area contributed by atoms with Crippen LogP contribution in [0.2, 0.25) is 0 Å². The molecule has 0 saturated heterocycles. The number of carbonyl (C=O) groups is 1. The predicted octanol–water partition coefficient (Wildman–Crippen LogP) is 2.08. The Kier molecular flexibility index (Phi) is 3.46. The Morgan fingerprint density at radius 1 is 1.43 bits per heavy atom. The Morgan fingerprint density at radius 3 is 2.43 bits per heavy atom. The number of benzene rings is 1. The fourth-order valence-corrected chi connectivity index (χ4v) is 1.48. The molecule has 0 saturated carbocycles. The average molecular weight is 189 g/mol. The molecule has 0 spiro atoms. The minimum Gasteiger partial charge on any atom is -0.369 e. The minimum absolute atomic E-state index is 0.00806. The predicted molar refractivity (Wildman–Crippen MR) is 57.7 cm³/mol. The first-order chi connectivity index (χ1) is 6.66. The lowest BCUT2D eigenvalue weighted by Crippen LogP contribution is -2.25. The van der Waals surface area contributed by atoms with E-state index in [2.05, 4.69) is 6.58 Å². The monoisotopic (exact) mass is 189 g/mol. The van der Waals surface area contributed by atoms with Gasteiger partial charge in [-0.2, -0.15) is 0 Å². The van der Waals surface area contributed by atoms with Crippen molar-refractivity contribution in [1.29, 1.82) is 0 Å². The van der Waals surface area contributed by atoms with Gasteiger partial charge in [0.05, 0.1) is 0 Å². The van der Waals surface area contributed by atoms with Crippen LogP contribution < -0.4 is 5.73 Å². The standard InChI is InChI=1S/C12H15NO/c1-3-11(9(2)12(13)14)10-7-5-4-6-8-10/h3-9,11H,1H2,2H3,(H2,13,14). The maximum absolute atomic E-state index is 11.0. The smallest absolute Gasteiger partial charge is 0.221 e. The Hall–Kier alpha value is -1.57. The van der Waals surface area contributed by atoms with Crippen LogP contribution in [-0.2, 0) is 4.79 Å². The SMILES string of the molecule is C=CC(c1ccccc1)C(C)C(N)=O. The summed E-state index contributed by atoms with van der Waals surface area (Å²) in [6, 6.07) is 9.79. The molecular weight excluding hydrogens is 174 g/mol. The number of hydrogen-bond donors (Lipinski definition) is 1. The number of rotatable bonds is 4. The number of carbonyl (C=O) groups excluding carboxylic acids is 1. The van der Waals surface area contributed by atoms with Crippen molar-refractivity contribution < 1.29 is 4.79 Å². The first-order valence-electron chi connectivity index (χ1n) is 4.63. The number of hydrogen-bond acceptors (Lipinski definition) is 1. The van der Waals surface area contributed by atoms with Gasteiger partial charge in [0.1, 0.15) is 0 Å². The molecule has 0 heterocycles. The molecule has 2 N–H and O–H groups in total. The molecule has 2 atom stereocenters. The number of amides is 1. The maximum Gasteiger partial charge on any atom is 0.221 e. The Morgan fingerprint density at radius 2 is 2.00 bits per heavy atom. The zero-order valence-electron chi connectivity index (χ0n) is 8.31. The molecule has 0 aliphatic rings. The van der Waals surface area contributed by atoms with Crippen molar-refractivity contribution >= 4 is 5.91 Å². The molecule has 0 aromatic heterocycles. The fraction of sp³-hybridized carbons (Fsp3) is 0.250. The van der Waals surface area contributed by atoms with Crippen LogP contribution in [0.4, 0.5) is 0 Å². The molecule has 0 bridgehead atoms. The summed E-state index contributed by atoms with van der Waals surface area (Å²) in [5.74, 6) is -0.498. The van der Waals surface area contributed by atoms with Crippen molar-refractivity contribution in [3.05, 3.63) is 48.6 Å². The van der Waals surface area contributed by atoms with Crippen molar-refractivity contribution in [3.63, 3.8) is 0 Å². The van der Waals surface area contributed by atoms with E-state index in [4.69, 9.17) is 5.73 Å². The molecule has 1 rings (SSSR count). The van der Waals surface area contributed by atoms with Gasteiger partial charge in [-0.25, -0.2) is 0 Å². The van der Waals surface area contributed by atoms with E-state index in [1.54, 1.807) is 6.08 Å². The molecule has 2 heteroatoms. The van der Waals surface area contributed by atoms with Crippen LogP contribution in [0.5, 0.6) is 0 Å². The van der Waals surface area contributed by atoms with Crippen LogP contribution in [-0.4, -0.2) is 5.91 Å². The first-order valence-corrected chi connectivity index (χ1v) is 4.63. The molecule has 2 nitrogen and oxygen atoms in total. The topological polar surface area (TPSA) is 43.1 Å². The fourth-order valence-electron chi connectivity index (χ4n) is 1.48. The summed E-state index contributed by atoms with van der Waals surface area (Å²) in [5.41, 5.74) is 6.34. The largest absolute Gasteiger partial charge is 0.369 e. The number of primary amides is 1. The minimum atomic E-state index is -0.293. The molecular formula is C12H15NO. The maximum atomic E-state index is 11.0.